The van der Waals surface area contributed by atoms with E-state index in [2.05, 4.69) is 26.2 Å². The molecule has 3 aromatic rings. The van der Waals surface area contributed by atoms with Gasteiger partial charge in [0.15, 0.2) is 0 Å². The molecule has 0 spiro atoms. The third-order valence-corrected chi connectivity index (χ3v) is 6.25. The molecule has 6 nitrogen and oxygen atoms in total. The van der Waals surface area contributed by atoms with E-state index in [-0.39, 0.29) is 18.3 Å². The number of hydrogen-bond acceptors (Lipinski definition) is 5. The van der Waals surface area contributed by atoms with Crippen LogP contribution in [-0.2, 0) is 11.3 Å². The zero-order chi connectivity index (χ0) is 21.4. The van der Waals surface area contributed by atoms with Crippen molar-refractivity contribution in [1.82, 2.24) is 4.57 Å². The third kappa shape index (κ3) is 3.88. The van der Waals surface area contributed by atoms with Crippen molar-refractivity contribution < 1.29 is 9.90 Å². The average Bonchev–Trinajstić information content (AvgIpc) is 3.20. The van der Waals surface area contributed by atoms with Gasteiger partial charge in [-0.3, -0.25) is 19.1 Å². The van der Waals surface area contributed by atoms with Gasteiger partial charge in [-0.15, -0.1) is 0 Å². The summed E-state index contributed by atoms with van der Waals surface area (Å²) in [7, 11) is 0. The molecule has 1 aliphatic rings. The summed E-state index contributed by atoms with van der Waals surface area (Å²) in [4.78, 5) is 29.3. The fourth-order valence-electron chi connectivity index (χ4n) is 3.30. The molecule has 8 heteroatoms. The molecule has 4 rings (SSSR count). The van der Waals surface area contributed by atoms with Gasteiger partial charge in [-0.2, -0.15) is 0 Å². The molecule has 0 radical (unpaired) electrons. The van der Waals surface area contributed by atoms with E-state index in [1.54, 1.807) is 12.3 Å². The molecule has 1 aromatic heterocycles. The lowest BCUT2D eigenvalue weighted by molar-refractivity contribution is -0.116. The molecular weight excluding hydrogens is 466 g/mol. The molecule has 1 aliphatic heterocycles. The molecule has 2 aromatic carbocycles. The van der Waals surface area contributed by atoms with Crippen LogP contribution >= 0.6 is 27.3 Å². The van der Waals surface area contributed by atoms with Gasteiger partial charge in [0, 0.05) is 27.5 Å². The molecule has 1 amide bonds. The zero-order valence-electron chi connectivity index (χ0n) is 16.3. The minimum Gasteiger partial charge on any atom is -0.493 e. The summed E-state index contributed by atoms with van der Waals surface area (Å²) >= 11 is 4.33. The Morgan fingerprint density at radius 2 is 2.00 bits per heavy atom. The number of aromatic nitrogens is 1. The molecule has 0 unspecified atom stereocenters. The smallest absolute Gasteiger partial charge is 0.311 e. The van der Waals surface area contributed by atoms with Crippen LogP contribution in [0.2, 0.25) is 0 Å². The number of carbonyl (C=O) groups is 1. The first kappa shape index (κ1) is 20.3. The van der Waals surface area contributed by atoms with Crippen molar-refractivity contribution in [2.24, 2.45) is 4.99 Å². The number of allylic oxidation sites excluding steroid dienone is 1. The largest absolute Gasteiger partial charge is 0.493 e. The van der Waals surface area contributed by atoms with Gasteiger partial charge < -0.3 is 10.4 Å². The zero-order valence-corrected chi connectivity index (χ0v) is 18.7. The highest BCUT2D eigenvalue weighted by Gasteiger charge is 2.19. The maximum absolute atomic E-state index is 12.5. The molecule has 30 heavy (non-hydrogen) atoms. The molecule has 0 fully saturated rings. The van der Waals surface area contributed by atoms with E-state index in [4.69, 9.17) is 0 Å². The number of nitrogens with one attached hydrogen (secondary N) is 1. The van der Waals surface area contributed by atoms with Gasteiger partial charge in [-0.05, 0) is 49.2 Å². The minimum absolute atomic E-state index is 0.231. The van der Waals surface area contributed by atoms with Crippen molar-refractivity contribution in [3.05, 3.63) is 72.1 Å². The van der Waals surface area contributed by atoms with Crippen molar-refractivity contribution in [2.75, 3.05) is 5.32 Å². The molecule has 0 saturated heterocycles. The topological polar surface area (TPSA) is 83.7 Å². The lowest BCUT2D eigenvalue weighted by Gasteiger charge is -2.11. The number of aliphatic imine (C=N–C) groups is 1. The number of amides is 1. The summed E-state index contributed by atoms with van der Waals surface area (Å²) in [6, 6.07) is 11.4. The van der Waals surface area contributed by atoms with Gasteiger partial charge in [0.2, 0.25) is 11.8 Å². The normalized spacial score (nSPS) is 13.6. The molecule has 0 atom stereocenters. The van der Waals surface area contributed by atoms with Crippen LogP contribution in [0, 0.1) is 13.8 Å². The van der Waals surface area contributed by atoms with E-state index < -0.39 is 4.87 Å². The van der Waals surface area contributed by atoms with E-state index in [9.17, 15) is 14.7 Å². The van der Waals surface area contributed by atoms with Gasteiger partial charge >= 0.3 is 4.87 Å². The first-order valence-electron chi connectivity index (χ1n) is 9.18. The maximum atomic E-state index is 12.5. The number of fused-ring (bicyclic) bond motifs is 1. The second-order valence-electron chi connectivity index (χ2n) is 6.98. The molecule has 0 aliphatic carbocycles. The highest BCUT2D eigenvalue weighted by Crippen LogP contribution is 2.36. The third-order valence-electron chi connectivity index (χ3n) is 4.84. The lowest BCUT2D eigenvalue weighted by Crippen LogP contribution is -2.24. The summed E-state index contributed by atoms with van der Waals surface area (Å²) in [5, 5.41) is 13.4. The highest BCUT2D eigenvalue weighted by atomic mass is 79.9. The van der Waals surface area contributed by atoms with E-state index >= 15 is 0 Å². The maximum Gasteiger partial charge on any atom is 0.311 e. The second-order valence-corrected chi connectivity index (χ2v) is 8.89. The second kappa shape index (κ2) is 8.04. The summed E-state index contributed by atoms with van der Waals surface area (Å²) in [6.07, 6.45) is 3.40. The fourth-order valence-corrected chi connectivity index (χ4v) is 4.50. The summed E-state index contributed by atoms with van der Waals surface area (Å²) in [5.41, 5.74) is 5.10. The van der Waals surface area contributed by atoms with Crippen LogP contribution < -0.4 is 10.2 Å². The van der Waals surface area contributed by atoms with Gasteiger partial charge in [0.05, 0.1) is 10.6 Å². The Morgan fingerprint density at radius 1 is 1.27 bits per heavy atom. The van der Waals surface area contributed by atoms with Crippen LogP contribution in [0.25, 0.3) is 11.6 Å². The van der Waals surface area contributed by atoms with Crippen LogP contribution in [0.15, 0.2) is 50.7 Å². The van der Waals surface area contributed by atoms with E-state index in [1.165, 1.54) is 0 Å². The first-order valence-corrected chi connectivity index (χ1v) is 10.8. The number of aryl methyl sites for hydroxylation is 2. The van der Waals surface area contributed by atoms with Gasteiger partial charge in [-0.1, -0.05) is 45.5 Å². The number of para-hydroxylation sites is 1. The number of carbonyl (C=O) groups excluding carboxylic acids is 1. The Balaban J connectivity index is 1.60. The summed E-state index contributed by atoms with van der Waals surface area (Å²) < 4.78 is 1.99. The van der Waals surface area contributed by atoms with Gasteiger partial charge in [0.1, 0.15) is 6.54 Å². The quantitative estimate of drug-likeness (QED) is 0.553. The Labute approximate surface area is 185 Å². The highest BCUT2D eigenvalue weighted by molar-refractivity contribution is 9.10. The van der Waals surface area contributed by atoms with Gasteiger partial charge in [-0.25, -0.2) is 0 Å². The van der Waals surface area contributed by atoms with Crippen molar-refractivity contribution >= 4 is 62.4 Å². The molecule has 152 valence electrons. The Kier molecular flexibility index (Phi) is 5.44. The number of rotatable bonds is 4. The van der Waals surface area contributed by atoms with E-state index in [1.807, 2.05) is 50.2 Å². The van der Waals surface area contributed by atoms with Crippen LogP contribution in [0.5, 0.6) is 5.88 Å². The first-order chi connectivity index (χ1) is 14.3. The molecule has 0 saturated carbocycles. The number of thiazole rings is 1. The van der Waals surface area contributed by atoms with Crippen LogP contribution in [-0.4, -0.2) is 21.8 Å². The van der Waals surface area contributed by atoms with Crippen molar-refractivity contribution in [1.29, 1.82) is 0 Å². The Hall–Kier alpha value is -2.97. The van der Waals surface area contributed by atoms with E-state index in [0.29, 0.717) is 4.88 Å². The van der Waals surface area contributed by atoms with Crippen LogP contribution in [0.3, 0.4) is 0 Å². The Morgan fingerprint density at radius 3 is 2.73 bits per heavy atom. The number of halogens is 1. The van der Waals surface area contributed by atoms with Gasteiger partial charge in [0.25, 0.3) is 0 Å². The number of hydrogen-bond donors (Lipinski definition) is 2. The average molecular weight is 484 g/mol. The number of nitrogens with zero attached hydrogens (tertiary/aromatic N) is 2. The van der Waals surface area contributed by atoms with Crippen molar-refractivity contribution in [2.45, 2.75) is 20.4 Å². The number of aromatic hydroxyl groups is 1. The SMILES string of the molecule is Cc1cccc(C)c1NC(=O)Cn1c(O)c(C=C2C=Nc3ccc(Br)cc32)sc1=O. The number of anilines is 1. The Bertz CT molecular complexity index is 1270. The summed E-state index contributed by atoms with van der Waals surface area (Å²) in [6.45, 7) is 3.54. The fraction of sp³-hybridized carbons (Fsp3) is 0.136. The lowest BCUT2D eigenvalue weighted by atomic mass is 10.1. The van der Waals surface area contributed by atoms with E-state index in [0.717, 1.165) is 54.0 Å². The minimum atomic E-state index is -0.402. The van der Waals surface area contributed by atoms with Crippen LogP contribution in [0.4, 0.5) is 11.4 Å². The van der Waals surface area contributed by atoms with Crippen molar-refractivity contribution in [3.8, 4) is 5.88 Å². The molecule has 0 bridgehead atoms. The molecule has 2 heterocycles. The van der Waals surface area contributed by atoms with Crippen molar-refractivity contribution in [3.63, 3.8) is 0 Å². The molecule has 2 N–H and O–H groups in total. The number of benzene rings is 2. The predicted octanol–water partition coefficient (Wildman–Crippen LogP) is 4.89. The standard InChI is InChI=1S/C22H18BrN3O3S/c1-12-4-3-5-13(2)20(12)25-19(27)11-26-21(28)18(30-22(26)29)8-14-10-24-17-7-6-15(23)9-16(14)17/h3-10,28H,11H2,1-2H3,(H,25,27). The summed E-state index contributed by atoms with van der Waals surface area (Å²) in [5.74, 6) is -0.607. The predicted molar refractivity (Wildman–Crippen MR) is 125 cm³/mol. The monoisotopic (exact) mass is 483 g/mol. The molecular formula is C22H18BrN3O3S. The van der Waals surface area contributed by atoms with Crippen LogP contribution in [0.1, 0.15) is 21.6 Å².